The first-order chi connectivity index (χ1) is 3.79. The highest BCUT2D eigenvalue weighted by Gasteiger charge is 2.10. The molecule has 1 rings (SSSR count). The van der Waals surface area contributed by atoms with Gasteiger partial charge in [-0.05, 0) is 13.8 Å². The van der Waals surface area contributed by atoms with Gasteiger partial charge in [-0.25, -0.2) is 0 Å². The SMILES string of the molecule is Br.C[C@H]1CN[C@@H](C)CN1. The zero-order valence-electron chi connectivity index (χ0n) is 5.98. The largest absolute Gasteiger partial charge is 0.311 e. The third-order valence-corrected chi connectivity index (χ3v) is 1.54. The maximum Gasteiger partial charge on any atom is 0.0164 e. The average molecular weight is 195 g/mol. The van der Waals surface area contributed by atoms with Gasteiger partial charge < -0.3 is 10.6 Å². The minimum atomic E-state index is 0. The van der Waals surface area contributed by atoms with Gasteiger partial charge in [-0.15, -0.1) is 17.0 Å². The molecule has 3 heteroatoms. The Hall–Kier alpha value is 0.400. The minimum absolute atomic E-state index is 0. The van der Waals surface area contributed by atoms with E-state index in [9.17, 15) is 0 Å². The van der Waals surface area contributed by atoms with E-state index in [0.717, 1.165) is 13.1 Å². The number of hydrogen-bond donors (Lipinski definition) is 2. The molecule has 0 aromatic rings. The van der Waals surface area contributed by atoms with Crippen molar-refractivity contribution in [2.45, 2.75) is 25.9 Å². The van der Waals surface area contributed by atoms with E-state index < -0.39 is 0 Å². The molecule has 1 aliphatic rings. The lowest BCUT2D eigenvalue weighted by atomic mass is 10.2. The van der Waals surface area contributed by atoms with Crippen molar-refractivity contribution in [3.05, 3.63) is 0 Å². The number of halogens is 1. The Labute approximate surface area is 67.2 Å². The number of piperazine rings is 1. The Bertz CT molecular complexity index is 59.5. The first kappa shape index (κ1) is 9.40. The number of hydrogen-bond acceptors (Lipinski definition) is 2. The normalized spacial score (nSPS) is 35.3. The second-order valence-corrected chi connectivity index (χ2v) is 2.62. The zero-order chi connectivity index (χ0) is 5.98. The van der Waals surface area contributed by atoms with E-state index in [2.05, 4.69) is 24.5 Å². The Balaban J connectivity index is 0.000000640. The van der Waals surface area contributed by atoms with E-state index in [1.165, 1.54) is 0 Å². The van der Waals surface area contributed by atoms with Gasteiger partial charge >= 0.3 is 0 Å². The molecule has 0 aromatic carbocycles. The summed E-state index contributed by atoms with van der Waals surface area (Å²) < 4.78 is 0. The van der Waals surface area contributed by atoms with Crippen LogP contribution >= 0.6 is 17.0 Å². The van der Waals surface area contributed by atoms with Gasteiger partial charge in [0.2, 0.25) is 0 Å². The third kappa shape index (κ3) is 3.18. The topological polar surface area (TPSA) is 24.1 Å². The molecule has 0 unspecified atom stereocenters. The van der Waals surface area contributed by atoms with E-state index in [-0.39, 0.29) is 17.0 Å². The van der Waals surface area contributed by atoms with Gasteiger partial charge in [0.25, 0.3) is 0 Å². The van der Waals surface area contributed by atoms with Crippen LogP contribution in [-0.4, -0.2) is 25.2 Å². The van der Waals surface area contributed by atoms with Crippen LogP contribution in [0.5, 0.6) is 0 Å². The maximum atomic E-state index is 3.37. The predicted molar refractivity (Wildman–Crippen MR) is 45.3 cm³/mol. The van der Waals surface area contributed by atoms with Crippen molar-refractivity contribution in [2.75, 3.05) is 13.1 Å². The van der Waals surface area contributed by atoms with E-state index in [1.807, 2.05) is 0 Å². The van der Waals surface area contributed by atoms with Crippen LogP contribution in [0.25, 0.3) is 0 Å². The highest BCUT2D eigenvalue weighted by atomic mass is 79.9. The molecular weight excluding hydrogens is 180 g/mol. The van der Waals surface area contributed by atoms with Crippen LogP contribution in [0.3, 0.4) is 0 Å². The molecular formula is C6H15BrN2. The van der Waals surface area contributed by atoms with Crippen LogP contribution in [0, 0.1) is 0 Å². The van der Waals surface area contributed by atoms with Crippen LogP contribution in [0.4, 0.5) is 0 Å². The summed E-state index contributed by atoms with van der Waals surface area (Å²) in [5, 5.41) is 6.74. The van der Waals surface area contributed by atoms with Gasteiger partial charge in [-0.3, -0.25) is 0 Å². The molecule has 0 amide bonds. The molecule has 1 heterocycles. The second-order valence-electron chi connectivity index (χ2n) is 2.62. The smallest absolute Gasteiger partial charge is 0.0164 e. The lowest BCUT2D eigenvalue weighted by Crippen LogP contribution is -2.51. The van der Waals surface area contributed by atoms with Crippen molar-refractivity contribution >= 4 is 17.0 Å². The van der Waals surface area contributed by atoms with Gasteiger partial charge in [0, 0.05) is 25.2 Å². The molecule has 2 nitrogen and oxygen atoms in total. The summed E-state index contributed by atoms with van der Waals surface area (Å²) in [5.41, 5.74) is 0. The van der Waals surface area contributed by atoms with Crippen molar-refractivity contribution < 1.29 is 0 Å². The van der Waals surface area contributed by atoms with Crippen molar-refractivity contribution in [3.8, 4) is 0 Å². The first-order valence-electron chi connectivity index (χ1n) is 3.26. The molecule has 0 spiro atoms. The summed E-state index contributed by atoms with van der Waals surface area (Å²) in [6.45, 7) is 6.61. The molecule has 9 heavy (non-hydrogen) atoms. The van der Waals surface area contributed by atoms with Crippen LogP contribution < -0.4 is 10.6 Å². The molecule has 1 fully saturated rings. The fraction of sp³-hybridized carbons (Fsp3) is 1.00. The van der Waals surface area contributed by atoms with Crippen molar-refractivity contribution in [3.63, 3.8) is 0 Å². The molecule has 56 valence electrons. The van der Waals surface area contributed by atoms with Crippen LogP contribution in [-0.2, 0) is 0 Å². The molecule has 0 aliphatic carbocycles. The minimum Gasteiger partial charge on any atom is -0.311 e. The Morgan fingerprint density at radius 2 is 1.33 bits per heavy atom. The first-order valence-corrected chi connectivity index (χ1v) is 3.26. The van der Waals surface area contributed by atoms with Crippen LogP contribution in [0.15, 0.2) is 0 Å². The van der Waals surface area contributed by atoms with Gasteiger partial charge in [0.1, 0.15) is 0 Å². The van der Waals surface area contributed by atoms with Gasteiger partial charge in [-0.2, -0.15) is 0 Å². The highest BCUT2D eigenvalue weighted by molar-refractivity contribution is 8.93. The fourth-order valence-corrected chi connectivity index (χ4v) is 0.900. The van der Waals surface area contributed by atoms with Gasteiger partial charge in [0.05, 0.1) is 0 Å². The van der Waals surface area contributed by atoms with Gasteiger partial charge in [0.15, 0.2) is 0 Å². The molecule has 2 N–H and O–H groups in total. The maximum absolute atomic E-state index is 3.37. The quantitative estimate of drug-likeness (QED) is 0.589. The lowest BCUT2D eigenvalue weighted by molar-refractivity contribution is 0.376. The summed E-state index contributed by atoms with van der Waals surface area (Å²) in [6.07, 6.45) is 0. The zero-order valence-corrected chi connectivity index (χ0v) is 7.69. The average Bonchev–Trinajstić information content (AvgIpc) is 1.77. The fourth-order valence-electron chi connectivity index (χ4n) is 0.900. The Morgan fingerprint density at radius 1 is 1.00 bits per heavy atom. The molecule has 0 bridgehead atoms. The monoisotopic (exact) mass is 194 g/mol. The Morgan fingerprint density at radius 3 is 1.56 bits per heavy atom. The summed E-state index contributed by atoms with van der Waals surface area (Å²) in [4.78, 5) is 0. The summed E-state index contributed by atoms with van der Waals surface area (Å²) in [6, 6.07) is 1.32. The second kappa shape index (κ2) is 4.25. The third-order valence-electron chi connectivity index (χ3n) is 1.54. The summed E-state index contributed by atoms with van der Waals surface area (Å²) in [5.74, 6) is 0. The summed E-state index contributed by atoms with van der Waals surface area (Å²) in [7, 11) is 0. The molecule has 0 radical (unpaired) electrons. The molecule has 2 atom stereocenters. The lowest BCUT2D eigenvalue weighted by Gasteiger charge is -2.26. The van der Waals surface area contributed by atoms with Crippen molar-refractivity contribution in [1.29, 1.82) is 0 Å². The van der Waals surface area contributed by atoms with Crippen molar-refractivity contribution in [1.82, 2.24) is 10.6 Å². The molecule has 1 aliphatic heterocycles. The van der Waals surface area contributed by atoms with E-state index in [1.54, 1.807) is 0 Å². The predicted octanol–water partition coefficient (Wildman–Crippen LogP) is 0.534. The summed E-state index contributed by atoms with van der Waals surface area (Å²) >= 11 is 0. The molecule has 0 aromatic heterocycles. The van der Waals surface area contributed by atoms with E-state index in [4.69, 9.17) is 0 Å². The van der Waals surface area contributed by atoms with Crippen molar-refractivity contribution in [2.24, 2.45) is 0 Å². The number of nitrogens with one attached hydrogen (secondary N) is 2. The van der Waals surface area contributed by atoms with E-state index >= 15 is 0 Å². The van der Waals surface area contributed by atoms with E-state index in [0.29, 0.717) is 12.1 Å². The number of rotatable bonds is 0. The molecule has 1 saturated heterocycles. The van der Waals surface area contributed by atoms with Crippen LogP contribution in [0.2, 0.25) is 0 Å². The highest BCUT2D eigenvalue weighted by Crippen LogP contribution is 1.89. The van der Waals surface area contributed by atoms with Gasteiger partial charge in [-0.1, -0.05) is 0 Å². The standard InChI is InChI=1S/C6H14N2.BrH/c1-5-3-8-6(2)4-7-5;/h5-8H,3-4H2,1-2H3;1H/t5-,6-;/m0./s1. The van der Waals surface area contributed by atoms with Crippen LogP contribution in [0.1, 0.15) is 13.8 Å². The molecule has 0 saturated carbocycles. The Kier molecular flexibility index (Phi) is 4.44.